The Hall–Kier alpha value is -0.110. The first kappa shape index (κ1) is 10.4. The van der Waals surface area contributed by atoms with Crippen LogP contribution in [0.4, 0.5) is 4.39 Å². The van der Waals surface area contributed by atoms with Crippen LogP contribution >= 0.6 is 0 Å². The quantitative estimate of drug-likeness (QED) is 0.736. The molecule has 0 spiro atoms. The van der Waals surface area contributed by atoms with Gasteiger partial charge in [-0.1, -0.05) is 12.8 Å². The lowest BCUT2D eigenvalue weighted by molar-refractivity contribution is 0.216. The first-order valence-electron chi connectivity index (χ1n) is 6.22. The largest absolute Gasteiger partial charge is 0.314 e. The number of hydrogen-bond acceptors (Lipinski definition) is 1. The van der Waals surface area contributed by atoms with E-state index in [1.807, 2.05) is 0 Å². The Morgan fingerprint density at radius 1 is 0.929 bits per heavy atom. The van der Waals surface area contributed by atoms with E-state index in [1.54, 1.807) is 0 Å². The third kappa shape index (κ3) is 2.94. The van der Waals surface area contributed by atoms with E-state index >= 15 is 0 Å². The standard InChI is InChI=1S/C12H22FN/c13-11-5-7-12(8-6-11)14-9-10-3-1-2-4-10/h10-12,14H,1-9H2. The van der Waals surface area contributed by atoms with Gasteiger partial charge in [0, 0.05) is 6.04 Å². The van der Waals surface area contributed by atoms with Crippen LogP contribution in [0.25, 0.3) is 0 Å². The highest BCUT2D eigenvalue weighted by atomic mass is 19.1. The summed E-state index contributed by atoms with van der Waals surface area (Å²) in [5, 5.41) is 3.62. The zero-order valence-corrected chi connectivity index (χ0v) is 8.97. The van der Waals surface area contributed by atoms with Gasteiger partial charge >= 0.3 is 0 Å². The molecule has 0 saturated heterocycles. The minimum absolute atomic E-state index is 0.514. The van der Waals surface area contributed by atoms with Crippen molar-refractivity contribution in [3.05, 3.63) is 0 Å². The van der Waals surface area contributed by atoms with Gasteiger partial charge in [-0.25, -0.2) is 4.39 Å². The summed E-state index contributed by atoms with van der Waals surface area (Å²) in [6, 6.07) is 0.614. The number of hydrogen-bond donors (Lipinski definition) is 1. The molecule has 0 bridgehead atoms. The van der Waals surface area contributed by atoms with Crippen molar-refractivity contribution in [2.24, 2.45) is 5.92 Å². The SMILES string of the molecule is FC1CCC(NCC2CCCC2)CC1. The predicted octanol–water partition coefficient (Wildman–Crippen LogP) is 3.05. The fourth-order valence-electron chi connectivity index (χ4n) is 2.80. The molecular weight excluding hydrogens is 177 g/mol. The molecule has 2 aliphatic carbocycles. The zero-order chi connectivity index (χ0) is 9.80. The van der Waals surface area contributed by atoms with Crippen molar-refractivity contribution >= 4 is 0 Å². The Morgan fingerprint density at radius 3 is 2.21 bits per heavy atom. The monoisotopic (exact) mass is 199 g/mol. The second kappa shape index (κ2) is 5.11. The van der Waals surface area contributed by atoms with Gasteiger partial charge < -0.3 is 5.32 Å². The van der Waals surface area contributed by atoms with Gasteiger partial charge in [0.25, 0.3) is 0 Å². The molecule has 0 aromatic carbocycles. The molecule has 0 aliphatic heterocycles. The summed E-state index contributed by atoms with van der Waals surface area (Å²) in [4.78, 5) is 0. The van der Waals surface area contributed by atoms with Gasteiger partial charge in [-0.15, -0.1) is 0 Å². The number of rotatable bonds is 3. The van der Waals surface area contributed by atoms with Crippen LogP contribution in [0.15, 0.2) is 0 Å². The van der Waals surface area contributed by atoms with Crippen molar-refractivity contribution in [1.29, 1.82) is 0 Å². The lowest BCUT2D eigenvalue weighted by Gasteiger charge is -2.26. The average molecular weight is 199 g/mol. The Bertz CT molecular complexity index is 158. The van der Waals surface area contributed by atoms with Crippen LogP contribution < -0.4 is 5.32 Å². The van der Waals surface area contributed by atoms with Gasteiger partial charge in [0.15, 0.2) is 0 Å². The minimum atomic E-state index is -0.514. The Labute approximate surface area is 86.5 Å². The third-order valence-electron chi connectivity index (χ3n) is 3.83. The molecule has 0 amide bonds. The molecule has 0 unspecified atom stereocenters. The molecule has 1 nitrogen and oxygen atoms in total. The first-order valence-corrected chi connectivity index (χ1v) is 6.22. The Kier molecular flexibility index (Phi) is 3.80. The van der Waals surface area contributed by atoms with Crippen molar-refractivity contribution in [2.45, 2.75) is 63.6 Å². The molecule has 0 aromatic rings. The van der Waals surface area contributed by atoms with Crippen molar-refractivity contribution in [3.8, 4) is 0 Å². The molecule has 0 aromatic heterocycles. The van der Waals surface area contributed by atoms with E-state index in [4.69, 9.17) is 0 Å². The van der Waals surface area contributed by atoms with Crippen LogP contribution in [0.3, 0.4) is 0 Å². The Morgan fingerprint density at radius 2 is 1.57 bits per heavy atom. The molecule has 2 aliphatic rings. The van der Waals surface area contributed by atoms with Crippen LogP contribution in [0.5, 0.6) is 0 Å². The number of nitrogens with one attached hydrogen (secondary N) is 1. The lowest BCUT2D eigenvalue weighted by Crippen LogP contribution is -2.36. The fraction of sp³-hybridized carbons (Fsp3) is 1.00. The second-order valence-electron chi connectivity index (χ2n) is 5.01. The molecular formula is C12H22FN. The fourth-order valence-corrected chi connectivity index (χ4v) is 2.80. The van der Waals surface area contributed by atoms with Crippen LogP contribution in [-0.4, -0.2) is 18.8 Å². The minimum Gasteiger partial charge on any atom is -0.314 e. The maximum absolute atomic E-state index is 12.9. The summed E-state index contributed by atoms with van der Waals surface area (Å²) >= 11 is 0. The van der Waals surface area contributed by atoms with E-state index in [0.29, 0.717) is 6.04 Å². The maximum Gasteiger partial charge on any atom is 0.100 e. The summed E-state index contributed by atoms with van der Waals surface area (Å²) in [6.45, 7) is 1.18. The van der Waals surface area contributed by atoms with Crippen molar-refractivity contribution in [1.82, 2.24) is 5.32 Å². The third-order valence-corrected chi connectivity index (χ3v) is 3.83. The molecule has 0 atom stereocenters. The van der Waals surface area contributed by atoms with Gasteiger partial charge in [0.2, 0.25) is 0 Å². The van der Waals surface area contributed by atoms with Gasteiger partial charge in [0.1, 0.15) is 6.17 Å². The molecule has 2 fully saturated rings. The number of halogens is 1. The van der Waals surface area contributed by atoms with Gasteiger partial charge in [0.05, 0.1) is 0 Å². The molecule has 1 N–H and O–H groups in total. The molecule has 0 heterocycles. The maximum atomic E-state index is 12.9. The highest BCUT2D eigenvalue weighted by Crippen LogP contribution is 2.25. The van der Waals surface area contributed by atoms with E-state index < -0.39 is 6.17 Å². The van der Waals surface area contributed by atoms with Crippen LogP contribution in [0, 0.1) is 5.92 Å². The highest BCUT2D eigenvalue weighted by Gasteiger charge is 2.21. The average Bonchev–Trinajstić information content (AvgIpc) is 2.70. The summed E-state index contributed by atoms with van der Waals surface area (Å²) in [5.74, 6) is 0.915. The normalized spacial score (nSPS) is 34.9. The summed E-state index contributed by atoms with van der Waals surface area (Å²) in [7, 11) is 0. The topological polar surface area (TPSA) is 12.0 Å². The van der Waals surface area contributed by atoms with Crippen molar-refractivity contribution in [2.75, 3.05) is 6.54 Å². The van der Waals surface area contributed by atoms with E-state index in [9.17, 15) is 4.39 Å². The van der Waals surface area contributed by atoms with E-state index in [1.165, 1.54) is 32.2 Å². The molecule has 0 radical (unpaired) electrons. The summed E-state index contributed by atoms with van der Waals surface area (Å²) < 4.78 is 12.9. The van der Waals surface area contributed by atoms with E-state index in [-0.39, 0.29) is 0 Å². The number of alkyl halides is 1. The Balaban J connectivity index is 1.60. The summed E-state index contributed by atoms with van der Waals surface area (Å²) in [5.41, 5.74) is 0. The summed E-state index contributed by atoms with van der Waals surface area (Å²) in [6.07, 6.45) is 8.80. The molecule has 2 rings (SSSR count). The molecule has 2 heteroatoms. The molecule has 82 valence electrons. The zero-order valence-electron chi connectivity index (χ0n) is 8.97. The van der Waals surface area contributed by atoms with Crippen molar-refractivity contribution < 1.29 is 4.39 Å². The van der Waals surface area contributed by atoms with E-state index in [0.717, 1.165) is 31.6 Å². The van der Waals surface area contributed by atoms with Crippen molar-refractivity contribution in [3.63, 3.8) is 0 Å². The molecule has 2 saturated carbocycles. The lowest BCUT2D eigenvalue weighted by atomic mass is 9.93. The van der Waals surface area contributed by atoms with Crippen LogP contribution in [-0.2, 0) is 0 Å². The first-order chi connectivity index (χ1) is 6.84. The van der Waals surface area contributed by atoms with Gasteiger partial charge in [-0.2, -0.15) is 0 Å². The smallest absolute Gasteiger partial charge is 0.100 e. The second-order valence-corrected chi connectivity index (χ2v) is 5.01. The van der Waals surface area contributed by atoms with Crippen LogP contribution in [0.2, 0.25) is 0 Å². The highest BCUT2D eigenvalue weighted by molar-refractivity contribution is 4.79. The van der Waals surface area contributed by atoms with E-state index in [2.05, 4.69) is 5.32 Å². The van der Waals surface area contributed by atoms with Gasteiger partial charge in [-0.05, 0) is 51.0 Å². The van der Waals surface area contributed by atoms with Gasteiger partial charge in [-0.3, -0.25) is 0 Å². The molecule has 14 heavy (non-hydrogen) atoms. The van der Waals surface area contributed by atoms with Crippen LogP contribution in [0.1, 0.15) is 51.4 Å². The predicted molar refractivity (Wildman–Crippen MR) is 57.1 cm³/mol.